The topological polar surface area (TPSA) is 89.8 Å². The highest BCUT2D eigenvalue weighted by atomic mass is 35.5. The van der Waals surface area contributed by atoms with E-state index in [2.05, 4.69) is 0 Å². The summed E-state index contributed by atoms with van der Waals surface area (Å²) in [6.45, 7) is -0.359. The summed E-state index contributed by atoms with van der Waals surface area (Å²) in [5.74, 6) is -0.928. The Hall–Kier alpha value is -1.99. The Kier molecular flexibility index (Phi) is 3.77. The van der Waals surface area contributed by atoms with Gasteiger partial charge in [-0.25, -0.2) is 0 Å². The van der Waals surface area contributed by atoms with E-state index in [9.17, 15) is 19.7 Å². The van der Waals surface area contributed by atoms with Crippen LogP contribution >= 0.6 is 11.6 Å². The van der Waals surface area contributed by atoms with Gasteiger partial charge in [-0.1, -0.05) is 17.7 Å². The van der Waals surface area contributed by atoms with Crippen molar-refractivity contribution in [3.8, 4) is 0 Å². The monoisotopic (exact) mass is 284 g/mol. The average molecular weight is 285 g/mol. The molecule has 1 fully saturated rings. The lowest BCUT2D eigenvalue weighted by Crippen LogP contribution is -2.45. The molecule has 0 aromatic heterocycles. The number of benzene rings is 1. The first kappa shape index (κ1) is 13.4. The quantitative estimate of drug-likeness (QED) is 0.471. The molecule has 0 radical (unpaired) electrons. The summed E-state index contributed by atoms with van der Waals surface area (Å²) < 4.78 is 4.77. The van der Waals surface area contributed by atoms with E-state index in [1.165, 1.54) is 18.2 Å². The number of nitrogens with zero attached hydrogens (tertiary/aromatic N) is 2. The summed E-state index contributed by atoms with van der Waals surface area (Å²) in [6, 6.07) is 4.15. The van der Waals surface area contributed by atoms with Crippen molar-refractivity contribution in [3.63, 3.8) is 0 Å². The smallest absolute Gasteiger partial charge is 0.288 e. The molecule has 0 unspecified atom stereocenters. The van der Waals surface area contributed by atoms with Gasteiger partial charge in [0.05, 0.1) is 11.5 Å². The zero-order valence-corrected chi connectivity index (χ0v) is 10.4. The number of carbonyl (C=O) groups excluding carboxylic acids is 2. The van der Waals surface area contributed by atoms with Gasteiger partial charge in [-0.05, 0) is 11.6 Å². The molecule has 1 aromatic carbocycles. The van der Waals surface area contributed by atoms with Gasteiger partial charge in [0.25, 0.3) is 17.5 Å². The van der Waals surface area contributed by atoms with Gasteiger partial charge < -0.3 is 4.74 Å². The molecule has 0 atom stereocenters. The maximum atomic E-state index is 11.5. The Morgan fingerprint density at radius 1 is 1.32 bits per heavy atom. The van der Waals surface area contributed by atoms with Gasteiger partial charge >= 0.3 is 0 Å². The van der Waals surface area contributed by atoms with Crippen LogP contribution in [0.2, 0.25) is 5.02 Å². The van der Waals surface area contributed by atoms with Gasteiger partial charge in [-0.15, -0.1) is 0 Å². The number of halogens is 1. The van der Waals surface area contributed by atoms with Crippen LogP contribution in [0, 0.1) is 10.1 Å². The second kappa shape index (κ2) is 5.33. The number of amides is 2. The van der Waals surface area contributed by atoms with E-state index in [1.807, 2.05) is 0 Å². The normalized spacial score (nSPS) is 15.7. The summed E-state index contributed by atoms with van der Waals surface area (Å²) in [5, 5.41) is 10.8. The number of nitro benzene ring substituents is 1. The van der Waals surface area contributed by atoms with Crippen molar-refractivity contribution >= 4 is 29.1 Å². The third-order valence-electron chi connectivity index (χ3n) is 2.60. The predicted molar refractivity (Wildman–Crippen MR) is 64.5 cm³/mol. The number of nitro groups is 1. The largest absolute Gasteiger partial charge is 0.362 e. The maximum absolute atomic E-state index is 11.5. The summed E-state index contributed by atoms with van der Waals surface area (Å²) in [5.41, 5.74) is 0.201. The van der Waals surface area contributed by atoms with E-state index >= 15 is 0 Å². The number of hydrogen-bond donors (Lipinski definition) is 0. The Labute approximate surface area is 112 Å². The lowest BCUT2D eigenvalue weighted by atomic mass is 10.2. The van der Waals surface area contributed by atoms with E-state index in [4.69, 9.17) is 16.3 Å². The van der Waals surface area contributed by atoms with Crippen molar-refractivity contribution in [1.82, 2.24) is 4.90 Å². The minimum atomic E-state index is -0.616. The van der Waals surface area contributed by atoms with Gasteiger partial charge in [0, 0.05) is 6.07 Å². The second-order valence-electron chi connectivity index (χ2n) is 3.91. The van der Waals surface area contributed by atoms with Crippen LogP contribution in [0.3, 0.4) is 0 Å². The van der Waals surface area contributed by atoms with Crippen molar-refractivity contribution < 1.29 is 19.2 Å². The van der Waals surface area contributed by atoms with Gasteiger partial charge in [-0.3, -0.25) is 24.6 Å². The first-order valence-electron chi connectivity index (χ1n) is 5.33. The minimum Gasteiger partial charge on any atom is -0.362 e. The SMILES string of the molecule is O=C1COCC(=O)N1Cc1ccc(Cl)c([N+](=O)[O-])c1. The third-order valence-corrected chi connectivity index (χ3v) is 2.92. The van der Waals surface area contributed by atoms with Crippen LogP contribution in [0.1, 0.15) is 5.56 Å². The fraction of sp³-hybridized carbons (Fsp3) is 0.273. The van der Waals surface area contributed by atoms with Crippen LogP contribution in [0.15, 0.2) is 18.2 Å². The highest BCUT2D eigenvalue weighted by molar-refractivity contribution is 6.32. The average Bonchev–Trinajstić information content (AvgIpc) is 2.35. The van der Waals surface area contributed by atoms with Gasteiger partial charge in [-0.2, -0.15) is 0 Å². The molecule has 0 spiro atoms. The molecular weight excluding hydrogens is 276 g/mol. The number of imide groups is 1. The Morgan fingerprint density at radius 3 is 2.53 bits per heavy atom. The molecule has 19 heavy (non-hydrogen) atoms. The zero-order valence-electron chi connectivity index (χ0n) is 9.67. The van der Waals surface area contributed by atoms with E-state index in [-0.39, 0.29) is 30.5 Å². The zero-order chi connectivity index (χ0) is 14.0. The minimum absolute atomic E-state index is 0.00776. The number of morpholine rings is 1. The van der Waals surface area contributed by atoms with Crippen molar-refractivity contribution in [2.24, 2.45) is 0 Å². The molecule has 2 rings (SSSR count). The van der Waals surface area contributed by atoms with Crippen LogP contribution in [0.4, 0.5) is 5.69 Å². The Bertz CT molecular complexity index is 544. The number of carbonyl (C=O) groups is 2. The number of hydrogen-bond acceptors (Lipinski definition) is 5. The standard InChI is InChI=1S/C11H9ClN2O5/c12-8-2-1-7(3-9(8)14(17)18)4-13-10(15)5-19-6-11(13)16/h1-3H,4-6H2. The summed E-state index contributed by atoms with van der Waals surface area (Å²) in [4.78, 5) is 34.2. The lowest BCUT2D eigenvalue weighted by Gasteiger charge is -2.24. The van der Waals surface area contributed by atoms with Gasteiger partial charge in [0.1, 0.15) is 18.2 Å². The molecule has 100 valence electrons. The fourth-order valence-corrected chi connectivity index (χ4v) is 1.86. The van der Waals surface area contributed by atoms with E-state index in [1.54, 1.807) is 0 Å². The van der Waals surface area contributed by atoms with Crippen LogP contribution < -0.4 is 0 Å². The van der Waals surface area contributed by atoms with E-state index in [0.717, 1.165) is 4.90 Å². The van der Waals surface area contributed by atoms with Crippen molar-refractivity contribution in [1.29, 1.82) is 0 Å². The van der Waals surface area contributed by atoms with E-state index in [0.29, 0.717) is 5.56 Å². The Balaban J connectivity index is 2.23. The predicted octanol–water partition coefficient (Wildman–Crippen LogP) is 1.13. The molecule has 1 heterocycles. The van der Waals surface area contributed by atoms with Gasteiger partial charge in [0.15, 0.2) is 0 Å². The molecule has 1 aliphatic heterocycles. The first-order valence-corrected chi connectivity index (χ1v) is 5.70. The van der Waals surface area contributed by atoms with Crippen LogP contribution in [0.25, 0.3) is 0 Å². The van der Waals surface area contributed by atoms with Gasteiger partial charge in [0.2, 0.25) is 0 Å². The molecule has 0 bridgehead atoms. The van der Waals surface area contributed by atoms with Crippen LogP contribution in [-0.4, -0.2) is 34.9 Å². The summed E-state index contributed by atoms with van der Waals surface area (Å²) >= 11 is 5.68. The highest BCUT2D eigenvalue weighted by Gasteiger charge is 2.27. The van der Waals surface area contributed by atoms with Crippen molar-refractivity contribution in [3.05, 3.63) is 38.9 Å². The fourth-order valence-electron chi connectivity index (χ4n) is 1.68. The van der Waals surface area contributed by atoms with Crippen molar-refractivity contribution in [2.45, 2.75) is 6.54 Å². The molecule has 1 aromatic rings. The molecule has 0 N–H and O–H groups in total. The van der Waals surface area contributed by atoms with E-state index < -0.39 is 16.7 Å². The molecule has 2 amide bonds. The van der Waals surface area contributed by atoms with Crippen molar-refractivity contribution in [2.75, 3.05) is 13.2 Å². The Morgan fingerprint density at radius 2 is 1.95 bits per heavy atom. The molecule has 0 aliphatic carbocycles. The highest BCUT2D eigenvalue weighted by Crippen LogP contribution is 2.25. The number of ether oxygens (including phenoxy) is 1. The maximum Gasteiger partial charge on any atom is 0.288 e. The van der Waals surface area contributed by atoms with Crippen LogP contribution in [-0.2, 0) is 20.9 Å². The number of rotatable bonds is 3. The first-order chi connectivity index (χ1) is 8.99. The van der Waals surface area contributed by atoms with Crippen LogP contribution in [0.5, 0.6) is 0 Å². The molecule has 1 aliphatic rings. The molecule has 7 nitrogen and oxygen atoms in total. The molecule has 1 saturated heterocycles. The molecular formula is C11H9ClN2O5. The molecule has 8 heteroatoms. The second-order valence-corrected chi connectivity index (χ2v) is 4.32. The summed E-state index contributed by atoms with van der Waals surface area (Å²) in [6.07, 6.45) is 0. The molecule has 0 saturated carbocycles. The summed E-state index contributed by atoms with van der Waals surface area (Å²) in [7, 11) is 0. The lowest BCUT2D eigenvalue weighted by molar-refractivity contribution is -0.384. The third kappa shape index (κ3) is 2.88.